The van der Waals surface area contributed by atoms with E-state index in [1.165, 1.54) is 6.42 Å². The SMILES string of the molecule is CN(C)CCCN(C)CCCOc1ccc(C(N)=S)cc1. The molecular weight excluding hydrogens is 282 g/mol. The average molecular weight is 309 g/mol. The van der Waals surface area contributed by atoms with Crippen molar-refractivity contribution >= 4 is 17.2 Å². The number of nitrogens with two attached hydrogens (primary N) is 1. The van der Waals surface area contributed by atoms with E-state index in [0.717, 1.165) is 44.0 Å². The van der Waals surface area contributed by atoms with Gasteiger partial charge in [0.05, 0.1) is 6.61 Å². The summed E-state index contributed by atoms with van der Waals surface area (Å²) in [6.45, 7) is 4.04. The van der Waals surface area contributed by atoms with Crippen LogP contribution in [0.25, 0.3) is 0 Å². The number of hydrogen-bond acceptors (Lipinski definition) is 4. The van der Waals surface area contributed by atoms with E-state index in [4.69, 9.17) is 22.7 Å². The Labute approximate surface area is 133 Å². The molecule has 0 aliphatic heterocycles. The summed E-state index contributed by atoms with van der Waals surface area (Å²) in [6.07, 6.45) is 2.22. The molecule has 0 aliphatic carbocycles. The molecule has 21 heavy (non-hydrogen) atoms. The fourth-order valence-corrected chi connectivity index (χ4v) is 2.14. The highest BCUT2D eigenvalue weighted by molar-refractivity contribution is 7.80. The average Bonchev–Trinajstić information content (AvgIpc) is 2.43. The van der Waals surface area contributed by atoms with Gasteiger partial charge in [0, 0.05) is 12.1 Å². The van der Waals surface area contributed by atoms with Crippen LogP contribution in [0.5, 0.6) is 5.75 Å². The van der Waals surface area contributed by atoms with E-state index in [-0.39, 0.29) is 0 Å². The van der Waals surface area contributed by atoms with Crippen LogP contribution < -0.4 is 10.5 Å². The van der Waals surface area contributed by atoms with Gasteiger partial charge in [0.15, 0.2) is 0 Å². The van der Waals surface area contributed by atoms with Crippen LogP contribution in [-0.4, -0.2) is 62.2 Å². The molecule has 1 rings (SSSR count). The third kappa shape index (κ3) is 7.99. The summed E-state index contributed by atoms with van der Waals surface area (Å²) in [5.74, 6) is 0.866. The van der Waals surface area contributed by atoms with Crippen LogP contribution in [0.1, 0.15) is 18.4 Å². The van der Waals surface area contributed by atoms with Gasteiger partial charge < -0.3 is 20.3 Å². The molecule has 0 bridgehead atoms. The van der Waals surface area contributed by atoms with Crippen LogP contribution in [0, 0.1) is 0 Å². The van der Waals surface area contributed by atoms with Gasteiger partial charge in [-0.25, -0.2) is 0 Å². The van der Waals surface area contributed by atoms with Gasteiger partial charge in [0.1, 0.15) is 10.7 Å². The van der Waals surface area contributed by atoms with Gasteiger partial charge in [-0.3, -0.25) is 0 Å². The van der Waals surface area contributed by atoms with Crippen molar-refractivity contribution in [2.24, 2.45) is 5.73 Å². The van der Waals surface area contributed by atoms with Crippen molar-refractivity contribution in [3.8, 4) is 5.75 Å². The van der Waals surface area contributed by atoms with Crippen molar-refractivity contribution in [3.05, 3.63) is 29.8 Å². The molecule has 1 aromatic rings. The van der Waals surface area contributed by atoms with Crippen molar-refractivity contribution < 1.29 is 4.74 Å². The van der Waals surface area contributed by atoms with E-state index in [2.05, 4.69) is 30.9 Å². The summed E-state index contributed by atoms with van der Waals surface area (Å²) in [5.41, 5.74) is 6.43. The maximum atomic E-state index is 5.71. The number of rotatable bonds is 10. The lowest BCUT2D eigenvalue weighted by Crippen LogP contribution is -2.25. The van der Waals surface area contributed by atoms with Gasteiger partial charge in [-0.1, -0.05) is 12.2 Å². The Hall–Kier alpha value is -1.17. The normalized spacial score (nSPS) is 11.1. The fourth-order valence-electron chi connectivity index (χ4n) is 2.01. The fraction of sp³-hybridized carbons (Fsp3) is 0.562. The van der Waals surface area contributed by atoms with Crippen LogP contribution >= 0.6 is 12.2 Å². The topological polar surface area (TPSA) is 41.7 Å². The maximum absolute atomic E-state index is 5.71. The second-order valence-corrected chi connectivity index (χ2v) is 5.99. The van der Waals surface area contributed by atoms with Crippen molar-refractivity contribution in [3.63, 3.8) is 0 Å². The van der Waals surface area contributed by atoms with Gasteiger partial charge in [-0.15, -0.1) is 0 Å². The number of benzene rings is 1. The van der Waals surface area contributed by atoms with E-state index in [9.17, 15) is 0 Å². The molecule has 0 aliphatic rings. The van der Waals surface area contributed by atoms with Crippen LogP contribution in [0.2, 0.25) is 0 Å². The van der Waals surface area contributed by atoms with Gasteiger partial charge in [0.25, 0.3) is 0 Å². The summed E-state index contributed by atoms with van der Waals surface area (Å²) in [6, 6.07) is 7.61. The maximum Gasteiger partial charge on any atom is 0.119 e. The molecule has 0 saturated heterocycles. The Balaban J connectivity index is 2.14. The Morgan fingerprint density at radius 1 is 1.05 bits per heavy atom. The first-order chi connectivity index (χ1) is 9.99. The van der Waals surface area contributed by atoms with Crippen LogP contribution in [-0.2, 0) is 0 Å². The first-order valence-electron chi connectivity index (χ1n) is 7.35. The first kappa shape index (κ1) is 17.9. The Kier molecular flexibility index (Phi) is 8.27. The summed E-state index contributed by atoms with van der Waals surface area (Å²) in [5, 5.41) is 0. The second kappa shape index (κ2) is 9.71. The van der Waals surface area contributed by atoms with Crippen LogP contribution in [0.15, 0.2) is 24.3 Å². The molecule has 0 aromatic heterocycles. The first-order valence-corrected chi connectivity index (χ1v) is 7.76. The number of thiocarbonyl (C=S) groups is 1. The molecule has 0 amide bonds. The molecule has 0 saturated carbocycles. The largest absolute Gasteiger partial charge is 0.494 e. The molecule has 2 N–H and O–H groups in total. The predicted molar refractivity (Wildman–Crippen MR) is 93.1 cm³/mol. The van der Waals surface area contributed by atoms with E-state index >= 15 is 0 Å². The molecule has 0 fully saturated rings. The minimum atomic E-state index is 0.417. The summed E-state index contributed by atoms with van der Waals surface area (Å²) >= 11 is 4.92. The zero-order valence-corrected chi connectivity index (χ0v) is 14.2. The quantitative estimate of drug-likeness (QED) is 0.529. The lowest BCUT2D eigenvalue weighted by molar-refractivity contribution is 0.254. The molecule has 4 nitrogen and oxygen atoms in total. The number of nitrogens with zero attached hydrogens (tertiary/aromatic N) is 2. The second-order valence-electron chi connectivity index (χ2n) is 5.55. The van der Waals surface area contributed by atoms with Crippen molar-refractivity contribution in [2.75, 3.05) is 47.4 Å². The molecule has 1 aromatic carbocycles. The minimum absolute atomic E-state index is 0.417. The highest BCUT2D eigenvalue weighted by Crippen LogP contribution is 2.12. The predicted octanol–water partition coefficient (Wildman–Crippen LogP) is 1.97. The Bertz CT molecular complexity index is 420. The Morgan fingerprint density at radius 2 is 1.67 bits per heavy atom. The molecule has 5 heteroatoms. The highest BCUT2D eigenvalue weighted by Gasteiger charge is 2.00. The van der Waals surface area contributed by atoms with Crippen molar-refractivity contribution in [1.82, 2.24) is 9.80 Å². The van der Waals surface area contributed by atoms with E-state index < -0.39 is 0 Å². The summed E-state index contributed by atoms with van der Waals surface area (Å²) < 4.78 is 5.71. The highest BCUT2D eigenvalue weighted by atomic mass is 32.1. The summed E-state index contributed by atoms with van der Waals surface area (Å²) in [7, 11) is 6.37. The van der Waals surface area contributed by atoms with E-state index in [0.29, 0.717) is 4.99 Å². The molecule has 0 atom stereocenters. The van der Waals surface area contributed by atoms with Gasteiger partial charge in [0.2, 0.25) is 0 Å². The Morgan fingerprint density at radius 3 is 2.24 bits per heavy atom. The van der Waals surface area contributed by atoms with Gasteiger partial charge in [-0.2, -0.15) is 0 Å². The van der Waals surface area contributed by atoms with Gasteiger partial charge in [-0.05, 0) is 71.3 Å². The van der Waals surface area contributed by atoms with E-state index in [1.807, 2.05) is 24.3 Å². The van der Waals surface area contributed by atoms with Crippen LogP contribution in [0.4, 0.5) is 0 Å². The lowest BCUT2D eigenvalue weighted by Gasteiger charge is -2.18. The zero-order valence-electron chi connectivity index (χ0n) is 13.3. The summed E-state index contributed by atoms with van der Waals surface area (Å²) in [4.78, 5) is 4.98. The third-order valence-electron chi connectivity index (χ3n) is 3.24. The van der Waals surface area contributed by atoms with E-state index in [1.54, 1.807) is 0 Å². The van der Waals surface area contributed by atoms with Crippen molar-refractivity contribution in [2.45, 2.75) is 12.8 Å². The molecule has 0 heterocycles. The smallest absolute Gasteiger partial charge is 0.119 e. The monoisotopic (exact) mass is 309 g/mol. The standard InChI is InChI=1S/C16H27N3OS/c1-18(2)10-4-11-19(3)12-5-13-20-15-8-6-14(7-9-15)16(17)21/h6-9H,4-5,10-13H2,1-3H3,(H2,17,21). The van der Waals surface area contributed by atoms with Gasteiger partial charge >= 0.3 is 0 Å². The molecule has 0 unspecified atom stereocenters. The number of hydrogen-bond donors (Lipinski definition) is 1. The third-order valence-corrected chi connectivity index (χ3v) is 3.47. The minimum Gasteiger partial charge on any atom is -0.494 e. The molecular formula is C16H27N3OS. The van der Waals surface area contributed by atoms with Crippen LogP contribution in [0.3, 0.4) is 0 Å². The number of ether oxygens (including phenoxy) is 1. The molecule has 0 spiro atoms. The molecule has 118 valence electrons. The molecule has 0 radical (unpaired) electrons. The lowest BCUT2D eigenvalue weighted by atomic mass is 10.2. The zero-order chi connectivity index (χ0) is 15.7. The van der Waals surface area contributed by atoms with Crippen molar-refractivity contribution in [1.29, 1.82) is 0 Å².